The van der Waals surface area contributed by atoms with Gasteiger partial charge in [-0.15, -0.1) is 0 Å². The van der Waals surface area contributed by atoms with Crippen molar-refractivity contribution in [2.45, 2.75) is 26.2 Å². The van der Waals surface area contributed by atoms with Crippen molar-refractivity contribution in [2.24, 2.45) is 0 Å². The molecule has 0 saturated heterocycles. The standard InChI is InChI=1S/C21H24N4O3/c1-21(2,3)18-15(22-12-23-18)11-17-20(28-13-27-4)25-16(19(26)24-17)10-14-8-6-5-7-9-14/h5-12H,13H2,1-4H3,(H,22,23)(H,24,26)/b16-10-,17-11-. The number of aromatic nitrogens is 4. The fourth-order valence-corrected chi connectivity index (χ4v) is 2.74. The van der Waals surface area contributed by atoms with Gasteiger partial charge in [0.2, 0.25) is 5.88 Å². The fourth-order valence-electron chi connectivity index (χ4n) is 2.74. The van der Waals surface area contributed by atoms with Crippen LogP contribution in [0.3, 0.4) is 0 Å². The van der Waals surface area contributed by atoms with Crippen molar-refractivity contribution < 1.29 is 9.47 Å². The van der Waals surface area contributed by atoms with Gasteiger partial charge in [0.1, 0.15) is 10.7 Å². The Hall–Kier alpha value is -3.19. The summed E-state index contributed by atoms with van der Waals surface area (Å²) in [5.41, 5.74) is 2.09. The summed E-state index contributed by atoms with van der Waals surface area (Å²) in [7, 11) is 1.53. The van der Waals surface area contributed by atoms with Crippen LogP contribution in [0.1, 0.15) is 37.7 Å². The monoisotopic (exact) mass is 380 g/mol. The molecule has 7 heteroatoms. The lowest BCUT2D eigenvalue weighted by Crippen LogP contribution is -2.38. The Morgan fingerprint density at radius 2 is 1.89 bits per heavy atom. The third-order valence-corrected chi connectivity index (χ3v) is 4.05. The number of H-pyrrole nitrogens is 2. The van der Waals surface area contributed by atoms with Gasteiger partial charge >= 0.3 is 0 Å². The van der Waals surface area contributed by atoms with Crippen LogP contribution < -0.4 is 21.0 Å². The Kier molecular flexibility index (Phi) is 5.75. The molecule has 7 nitrogen and oxygen atoms in total. The number of rotatable bonds is 5. The van der Waals surface area contributed by atoms with Crippen LogP contribution in [0.15, 0.2) is 41.5 Å². The summed E-state index contributed by atoms with van der Waals surface area (Å²) in [5.74, 6) is 0.270. The van der Waals surface area contributed by atoms with E-state index < -0.39 is 0 Å². The third-order valence-electron chi connectivity index (χ3n) is 4.05. The van der Waals surface area contributed by atoms with E-state index in [9.17, 15) is 4.79 Å². The lowest BCUT2D eigenvalue weighted by atomic mass is 9.90. The lowest BCUT2D eigenvalue weighted by Gasteiger charge is -2.17. The van der Waals surface area contributed by atoms with Crippen molar-refractivity contribution in [3.63, 3.8) is 0 Å². The summed E-state index contributed by atoms with van der Waals surface area (Å²) in [4.78, 5) is 27.4. The number of aromatic amines is 2. The maximum atomic E-state index is 12.6. The van der Waals surface area contributed by atoms with Crippen molar-refractivity contribution in [3.8, 4) is 5.88 Å². The van der Waals surface area contributed by atoms with Crippen LogP contribution in [0, 0.1) is 0 Å². The quantitative estimate of drug-likeness (QED) is 0.653. The molecule has 0 saturated carbocycles. The maximum Gasteiger partial charge on any atom is 0.274 e. The molecule has 0 aliphatic rings. The number of benzene rings is 1. The molecule has 0 aliphatic carbocycles. The van der Waals surface area contributed by atoms with Gasteiger partial charge in [-0.05, 0) is 17.7 Å². The van der Waals surface area contributed by atoms with Crippen molar-refractivity contribution in [3.05, 3.63) is 74.7 Å². The van der Waals surface area contributed by atoms with Gasteiger partial charge in [0, 0.05) is 18.2 Å². The van der Waals surface area contributed by atoms with E-state index in [-0.39, 0.29) is 29.0 Å². The van der Waals surface area contributed by atoms with Crippen LogP contribution in [-0.2, 0) is 10.2 Å². The highest BCUT2D eigenvalue weighted by Crippen LogP contribution is 2.23. The minimum Gasteiger partial charge on any atom is -0.449 e. The first-order valence-corrected chi connectivity index (χ1v) is 8.93. The fraction of sp³-hybridized carbons (Fsp3) is 0.286. The molecule has 0 aliphatic heterocycles. The molecule has 0 spiro atoms. The Morgan fingerprint density at radius 1 is 1.14 bits per heavy atom. The molecule has 3 aromatic rings. The first-order valence-electron chi connectivity index (χ1n) is 8.93. The van der Waals surface area contributed by atoms with Gasteiger partial charge < -0.3 is 19.4 Å². The molecular weight excluding hydrogens is 356 g/mol. The number of hydrogen-bond acceptors (Lipinski definition) is 5. The predicted molar refractivity (Wildman–Crippen MR) is 107 cm³/mol. The Bertz CT molecular complexity index is 1110. The summed E-state index contributed by atoms with van der Waals surface area (Å²) < 4.78 is 10.6. The van der Waals surface area contributed by atoms with Crippen LogP contribution >= 0.6 is 0 Å². The van der Waals surface area contributed by atoms with E-state index in [1.165, 1.54) is 7.11 Å². The van der Waals surface area contributed by atoms with Gasteiger partial charge in [0.25, 0.3) is 5.56 Å². The number of imidazole rings is 1. The molecule has 0 atom stereocenters. The molecule has 0 fully saturated rings. The second-order valence-electron chi connectivity index (χ2n) is 7.33. The zero-order valence-corrected chi connectivity index (χ0v) is 16.4. The highest BCUT2D eigenvalue weighted by molar-refractivity contribution is 5.51. The van der Waals surface area contributed by atoms with Gasteiger partial charge in [0.15, 0.2) is 6.79 Å². The summed E-state index contributed by atoms with van der Waals surface area (Å²) in [5, 5.41) is 0.692. The molecule has 0 unspecified atom stereocenters. The SMILES string of the molecule is COCOc1n/c(=C\c2ccccc2)c(=O)[nH]/c1=C\c1nc[nH]c1C(C)(C)C. The molecular formula is C21H24N4O3. The van der Waals surface area contributed by atoms with E-state index in [0.29, 0.717) is 11.0 Å². The zero-order valence-electron chi connectivity index (χ0n) is 16.4. The molecule has 0 bridgehead atoms. The lowest BCUT2D eigenvalue weighted by molar-refractivity contribution is 0.0465. The average molecular weight is 380 g/mol. The van der Waals surface area contributed by atoms with E-state index in [1.54, 1.807) is 18.5 Å². The molecule has 3 rings (SSSR count). The van der Waals surface area contributed by atoms with Crippen molar-refractivity contribution in [2.75, 3.05) is 13.9 Å². The summed E-state index contributed by atoms with van der Waals surface area (Å²) in [6.07, 6.45) is 5.09. The highest BCUT2D eigenvalue weighted by Gasteiger charge is 2.19. The Morgan fingerprint density at radius 3 is 2.57 bits per heavy atom. The Labute approximate surface area is 162 Å². The molecule has 1 aromatic carbocycles. The second-order valence-corrected chi connectivity index (χ2v) is 7.33. The largest absolute Gasteiger partial charge is 0.449 e. The molecule has 2 N–H and O–H groups in total. The first-order chi connectivity index (χ1) is 13.4. The van der Waals surface area contributed by atoms with Gasteiger partial charge in [0.05, 0.1) is 12.0 Å². The average Bonchev–Trinajstić information content (AvgIpc) is 3.12. The second kappa shape index (κ2) is 8.22. The number of nitrogens with zero attached hydrogens (tertiary/aromatic N) is 2. The number of hydrogen-bond donors (Lipinski definition) is 2. The number of ether oxygens (including phenoxy) is 2. The zero-order chi connectivity index (χ0) is 20.1. The van der Waals surface area contributed by atoms with Gasteiger partial charge in [-0.3, -0.25) is 4.79 Å². The van der Waals surface area contributed by atoms with Crippen LogP contribution in [0.5, 0.6) is 5.88 Å². The molecule has 28 heavy (non-hydrogen) atoms. The van der Waals surface area contributed by atoms with Crippen molar-refractivity contribution in [1.82, 2.24) is 19.9 Å². The van der Waals surface area contributed by atoms with Gasteiger partial charge in [-0.1, -0.05) is 51.1 Å². The van der Waals surface area contributed by atoms with Crippen LogP contribution in [0.25, 0.3) is 12.2 Å². The topological polar surface area (TPSA) is 92.9 Å². The number of nitrogens with one attached hydrogen (secondary N) is 2. The smallest absolute Gasteiger partial charge is 0.274 e. The van der Waals surface area contributed by atoms with Crippen LogP contribution in [0.2, 0.25) is 0 Å². The number of methoxy groups -OCH3 is 1. The van der Waals surface area contributed by atoms with Gasteiger partial charge in [-0.25, -0.2) is 9.97 Å². The van der Waals surface area contributed by atoms with E-state index in [1.807, 2.05) is 30.3 Å². The molecule has 2 aromatic heterocycles. The summed E-state index contributed by atoms with van der Waals surface area (Å²) in [6, 6.07) is 9.51. The van der Waals surface area contributed by atoms with E-state index in [4.69, 9.17) is 9.47 Å². The van der Waals surface area contributed by atoms with Crippen molar-refractivity contribution in [1.29, 1.82) is 0 Å². The predicted octanol–water partition coefficient (Wildman–Crippen LogP) is 1.43. The minimum absolute atomic E-state index is 0.0113. The van der Waals surface area contributed by atoms with E-state index in [2.05, 4.69) is 40.7 Å². The molecule has 0 amide bonds. The normalized spacial score (nSPS) is 13.1. The van der Waals surface area contributed by atoms with Crippen LogP contribution in [0.4, 0.5) is 0 Å². The van der Waals surface area contributed by atoms with E-state index in [0.717, 1.165) is 11.3 Å². The van der Waals surface area contributed by atoms with Crippen molar-refractivity contribution >= 4 is 12.2 Å². The van der Waals surface area contributed by atoms with Gasteiger partial charge in [-0.2, -0.15) is 0 Å². The Balaban J connectivity index is 2.17. The molecule has 0 radical (unpaired) electrons. The van der Waals surface area contributed by atoms with Crippen LogP contribution in [-0.4, -0.2) is 33.8 Å². The minimum atomic E-state index is -0.312. The summed E-state index contributed by atoms with van der Waals surface area (Å²) in [6.45, 7) is 6.26. The third kappa shape index (κ3) is 4.55. The highest BCUT2D eigenvalue weighted by atomic mass is 16.7. The molecule has 2 heterocycles. The molecule has 146 valence electrons. The van der Waals surface area contributed by atoms with E-state index >= 15 is 0 Å². The first kappa shape index (κ1) is 19.6. The summed E-state index contributed by atoms with van der Waals surface area (Å²) >= 11 is 0. The maximum absolute atomic E-state index is 12.6.